The molecule has 2 aromatic heterocycles. The number of fused-ring (bicyclic) bond motifs is 1. The molecular weight excluding hydrogens is 544 g/mol. The monoisotopic (exact) mass is 571 g/mol. The molecule has 0 fully saturated rings. The van der Waals surface area contributed by atoms with E-state index in [2.05, 4.69) is 9.71 Å². The minimum atomic E-state index is -0.981. The van der Waals surface area contributed by atoms with Crippen LogP contribution in [0.2, 0.25) is 5.02 Å². The van der Waals surface area contributed by atoms with Crippen LogP contribution in [-0.2, 0) is 9.53 Å². The Balaban J connectivity index is 1.86. The number of ketones is 1. The Morgan fingerprint density at radius 1 is 1.10 bits per heavy atom. The lowest BCUT2D eigenvalue weighted by Crippen LogP contribution is -2.18. The topological polar surface area (TPSA) is 73.2 Å². The number of nitrogens with one attached hydrogen (secondary N) is 1. The second-order valence-electron chi connectivity index (χ2n) is 9.31. The molecule has 0 saturated heterocycles. The average molecular weight is 572 g/mol. The van der Waals surface area contributed by atoms with E-state index in [0.29, 0.717) is 27.4 Å². The van der Waals surface area contributed by atoms with E-state index in [1.165, 1.54) is 28.8 Å². The second kappa shape index (κ2) is 12.2. The van der Waals surface area contributed by atoms with Gasteiger partial charge in [0.2, 0.25) is 5.78 Å². The zero-order chi connectivity index (χ0) is 28.3. The van der Waals surface area contributed by atoms with Gasteiger partial charge in [-0.25, -0.2) is 13.8 Å². The molecule has 4 rings (SSSR count). The van der Waals surface area contributed by atoms with Crippen molar-refractivity contribution in [2.75, 3.05) is 10.5 Å². The average Bonchev–Trinajstić information content (AvgIpc) is 3.29. The molecule has 0 bridgehead atoms. The highest BCUT2D eigenvalue weighted by Gasteiger charge is 2.27. The molecule has 0 radical (unpaired) electrons. The number of rotatable bonds is 10. The first kappa shape index (κ1) is 28.6. The van der Waals surface area contributed by atoms with Crippen molar-refractivity contribution in [2.24, 2.45) is 5.92 Å². The molecule has 2 aromatic carbocycles. The minimum absolute atomic E-state index is 0.0150. The number of benzene rings is 2. The van der Waals surface area contributed by atoms with E-state index in [9.17, 15) is 14.0 Å². The maximum absolute atomic E-state index is 15.5. The maximum atomic E-state index is 15.5. The number of esters is 1. The van der Waals surface area contributed by atoms with Crippen LogP contribution in [0, 0.1) is 17.6 Å². The molecule has 10 heteroatoms. The fourth-order valence-electron chi connectivity index (χ4n) is 3.96. The Bertz CT molecular complexity index is 1520. The van der Waals surface area contributed by atoms with Crippen LogP contribution < -0.4 is 4.72 Å². The van der Waals surface area contributed by atoms with Gasteiger partial charge in [0, 0.05) is 34.1 Å². The molecule has 0 amide bonds. The largest absolute Gasteiger partial charge is 0.441 e. The molecule has 0 spiro atoms. The van der Waals surface area contributed by atoms with Crippen LogP contribution >= 0.6 is 23.5 Å². The van der Waals surface area contributed by atoms with Gasteiger partial charge >= 0.3 is 5.97 Å². The first-order valence-corrected chi connectivity index (χ1v) is 13.9. The fraction of sp³-hybridized carbons (Fsp3) is 0.276. The van der Waals surface area contributed by atoms with Crippen LogP contribution in [0.1, 0.15) is 56.3 Å². The van der Waals surface area contributed by atoms with E-state index >= 15 is 4.39 Å². The van der Waals surface area contributed by atoms with Crippen molar-refractivity contribution in [1.82, 2.24) is 9.55 Å². The predicted molar refractivity (Wildman–Crippen MR) is 152 cm³/mol. The molecule has 4 aromatic rings. The summed E-state index contributed by atoms with van der Waals surface area (Å²) in [5.41, 5.74) is 1.15. The van der Waals surface area contributed by atoms with Crippen molar-refractivity contribution in [1.29, 1.82) is 0 Å². The van der Waals surface area contributed by atoms with E-state index in [0.717, 1.165) is 18.1 Å². The molecule has 0 aliphatic rings. The molecule has 0 saturated carbocycles. The summed E-state index contributed by atoms with van der Waals surface area (Å²) in [7, 11) is 0. The number of halogens is 3. The zero-order valence-corrected chi connectivity index (χ0v) is 23.5. The van der Waals surface area contributed by atoms with Gasteiger partial charge in [-0.2, -0.15) is 0 Å². The molecule has 0 aliphatic heterocycles. The maximum Gasteiger partial charge on any atom is 0.310 e. The van der Waals surface area contributed by atoms with E-state index < -0.39 is 35.2 Å². The molecule has 0 aliphatic carbocycles. The van der Waals surface area contributed by atoms with Crippen LogP contribution in [0.4, 0.5) is 14.5 Å². The predicted octanol–water partition coefficient (Wildman–Crippen LogP) is 8.05. The second-order valence-corrected chi connectivity index (χ2v) is 10.6. The lowest BCUT2D eigenvalue weighted by atomic mass is 10.00. The molecule has 1 unspecified atom stereocenters. The van der Waals surface area contributed by atoms with Gasteiger partial charge in [0.05, 0.1) is 22.7 Å². The van der Waals surface area contributed by atoms with Gasteiger partial charge in [0.1, 0.15) is 11.5 Å². The number of carbonyl (C=O) groups is 2. The number of hydrogen-bond acceptors (Lipinski definition) is 6. The van der Waals surface area contributed by atoms with Gasteiger partial charge < -0.3 is 9.46 Å². The highest BCUT2D eigenvalue weighted by molar-refractivity contribution is 8.00. The van der Waals surface area contributed by atoms with E-state index in [4.69, 9.17) is 16.3 Å². The molecule has 1 atom stereocenters. The normalized spacial score (nSPS) is 12.1. The molecule has 6 nitrogen and oxygen atoms in total. The Kier molecular flexibility index (Phi) is 8.92. The van der Waals surface area contributed by atoms with E-state index in [1.54, 1.807) is 57.3 Å². The third-order valence-electron chi connectivity index (χ3n) is 6.05. The Labute approximate surface area is 234 Å². The zero-order valence-electron chi connectivity index (χ0n) is 21.9. The van der Waals surface area contributed by atoms with Crippen LogP contribution in [0.15, 0.2) is 54.9 Å². The lowest BCUT2D eigenvalue weighted by Gasteiger charge is -2.17. The molecule has 2 heterocycles. The van der Waals surface area contributed by atoms with Crippen molar-refractivity contribution >= 4 is 52.0 Å². The fourth-order valence-corrected chi connectivity index (χ4v) is 4.70. The third kappa shape index (κ3) is 6.09. The van der Waals surface area contributed by atoms with Crippen molar-refractivity contribution in [2.45, 2.75) is 40.3 Å². The summed E-state index contributed by atoms with van der Waals surface area (Å²) in [4.78, 5) is 30.6. The summed E-state index contributed by atoms with van der Waals surface area (Å²) in [6.07, 6.45) is 3.07. The smallest absolute Gasteiger partial charge is 0.310 e. The number of hydrogen-bond donors (Lipinski definition) is 1. The summed E-state index contributed by atoms with van der Waals surface area (Å²) >= 11 is 7.30. The first-order valence-electron chi connectivity index (χ1n) is 12.5. The Morgan fingerprint density at radius 3 is 2.49 bits per heavy atom. The standard InChI is InChI=1S/C29H28ClF2N3O3S/c1-5-12-39-34-24-11-10-23(31)25(26(24)32)27(36)22-15-35(17(4)38-29(37)16(2)3)28-21(22)13-19(14-33-28)18-6-8-20(30)9-7-18/h6-11,13-17,34H,5,12H2,1-4H3. The number of nitrogens with zero attached hydrogens (tertiary/aromatic N) is 2. The molecule has 1 N–H and O–H groups in total. The first-order chi connectivity index (χ1) is 18.6. The number of carbonyl (C=O) groups excluding carboxylic acids is 2. The van der Waals surface area contributed by atoms with Gasteiger partial charge in [0.25, 0.3) is 0 Å². The minimum Gasteiger partial charge on any atom is -0.441 e. The summed E-state index contributed by atoms with van der Waals surface area (Å²) in [5, 5.41) is 0.921. The SMILES string of the molecule is CCCSNc1ccc(F)c(C(=O)c2cn(C(C)OC(=O)C(C)C)c3ncc(-c4ccc(Cl)cc4)cc23)c1F. The van der Waals surface area contributed by atoms with E-state index in [1.807, 2.05) is 6.92 Å². The van der Waals surface area contributed by atoms with Gasteiger partial charge in [-0.1, -0.05) is 56.5 Å². The van der Waals surface area contributed by atoms with Crippen LogP contribution in [-0.4, -0.2) is 27.1 Å². The van der Waals surface area contributed by atoms with E-state index in [-0.39, 0.29) is 17.2 Å². The lowest BCUT2D eigenvalue weighted by molar-refractivity contribution is -0.156. The third-order valence-corrected chi connectivity index (χ3v) is 7.28. The summed E-state index contributed by atoms with van der Waals surface area (Å²) in [6.45, 7) is 7.03. The van der Waals surface area contributed by atoms with Gasteiger partial charge in [0.15, 0.2) is 12.0 Å². The van der Waals surface area contributed by atoms with Crippen LogP contribution in [0.3, 0.4) is 0 Å². The number of anilines is 1. The summed E-state index contributed by atoms with van der Waals surface area (Å²) < 4.78 is 40.3. The van der Waals surface area contributed by atoms with Gasteiger partial charge in [-0.05, 0) is 49.2 Å². The Hall–Kier alpha value is -3.43. The summed E-state index contributed by atoms with van der Waals surface area (Å²) in [6, 6.07) is 11.1. The van der Waals surface area contributed by atoms with Crippen LogP contribution in [0.25, 0.3) is 22.2 Å². The molecule has 204 valence electrons. The number of aromatic nitrogens is 2. The number of ether oxygens (including phenoxy) is 1. The highest BCUT2D eigenvalue weighted by Crippen LogP contribution is 2.33. The number of pyridine rings is 1. The quantitative estimate of drug-likeness (QED) is 0.0898. The summed E-state index contributed by atoms with van der Waals surface area (Å²) in [5.74, 6) is -2.91. The van der Waals surface area contributed by atoms with Crippen molar-refractivity contribution in [3.8, 4) is 11.1 Å². The van der Waals surface area contributed by atoms with Crippen molar-refractivity contribution in [3.63, 3.8) is 0 Å². The van der Waals surface area contributed by atoms with Crippen molar-refractivity contribution in [3.05, 3.63) is 82.6 Å². The van der Waals surface area contributed by atoms with Crippen LogP contribution in [0.5, 0.6) is 0 Å². The highest BCUT2D eigenvalue weighted by atomic mass is 35.5. The van der Waals surface area contributed by atoms with Gasteiger partial charge in [-0.3, -0.25) is 14.2 Å². The van der Waals surface area contributed by atoms with Crippen molar-refractivity contribution < 1.29 is 23.1 Å². The van der Waals surface area contributed by atoms with Gasteiger partial charge in [-0.15, -0.1) is 0 Å². The molecule has 39 heavy (non-hydrogen) atoms. The molecular formula is C29H28ClF2N3O3S. The Morgan fingerprint density at radius 2 is 1.82 bits per heavy atom.